The fourth-order valence-corrected chi connectivity index (χ4v) is 3.80. The van der Waals surface area contributed by atoms with Crippen molar-refractivity contribution < 1.29 is 19.4 Å². The van der Waals surface area contributed by atoms with Crippen molar-refractivity contribution in [3.8, 4) is 5.75 Å². The quantitative estimate of drug-likeness (QED) is 0.660. The monoisotopic (exact) mass is 405 g/mol. The Morgan fingerprint density at radius 2 is 1.73 bits per heavy atom. The zero-order valence-corrected chi connectivity index (χ0v) is 17.6. The average molecular weight is 405 g/mol. The number of β-amino-alcohol motifs (C(OH)–C–C–N with tert-alkyl or cyclic N) is 1. The zero-order chi connectivity index (χ0) is 21.3. The van der Waals surface area contributed by atoms with E-state index in [2.05, 4.69) is 0 Å². The number of carbonyl (C=O) groups excluding carboxylic acids is 1. The first-order valence-electron chi connectivity index (χ1n) is 10.2. The molecule has 0 saturated carbocycles. The fraction of sp³-hybridized carbons (Fsp3) is 0.320. The highest BCUT2D eigenvalue weighted by atomic mass is 16.6. The van der Waals surface area contributed by atoms with Crippen LogP contribution >= 0.6 is 0 Å². The number of nitrogens with zero attached hydrogens (tertiary/aromatic N) is 1. The van der Waals surface area contributed by atoms with Crippen LogP contribution in [0.5, 0.6) is 5.75 Å². The van der Waals surface area contributed by atoms with Crippen molar-refractivity contribution in [1.29, 1.82) is 0 Å². The summed E-state index contributed by atoms with van der Waals surface area (Å²) in [5.74, 6) is 0.707. The lowest BCUT2D eigenvalue weighted by Gasteiger charge is -2.35. The van der Waals surface area contributed by atoms with Gasteiger partial charge in [0.15, 0.2) is 0 Å². The number of fused-ring (bicyclic) bond motifs is 3. The molecule has 0 aliphatic carbocycles. The molecule has 0 fully saturated rings. The van der Waals surface area contributed by atoms with Gasteiger partial charge in [0.25, 0.3) is 0 Å². The Kier molecular flexibility index (Phi) is 5.39. The summed E-state index contributed by atoms with van der Waals surface area (Å²) < 4.78 is 11.8. The maximum Gasteiger partial charge on any atom is 0.414 e. The topological polar surface area (TPSA) is 59.0 Å². The molecule has 1 atom stereocenters. The number of aliphatic hydroxyl groups excluding tert-OH is 1. The Morgan fingerprint density at radius 3 is 2.43 bits per heavy atom. The van der Waals surface area contributed by atoms with Crippen LogP contribution in [0.3, 0.4) is 0 Å². The van der Waals surface area contributed by atoms with Crippen molar-refractivity contribution in [2.24, 2.45) is 0 Å². The molecule has 5 heteroatoms. The van der Waals surface area contributed by atoms with Crippen molar-refractivity contribution in [3.05, 3.63) is 71.8 Å². The molecule has 0 spiro atoms. The van der Waals surface area contributed by atoms with Crippen LogP contribution in [0.25, 0.3) is 10.8 Å². The van der Waals surface area contributed by atoms with Gasteiger partial charge in [-0.25, -0.2) is 4.79 Å². The first-order chi connectivity index (χ1) is 14.3. The van der Waals surface area contributed by atoms with E-state index in [0.717, 1.165) is 27.6 Å². The maximum atomic E-state index is 12.9. The normalized spacial score (nSPS) is 16.3. The summed E-state index contributed by atoms with van der Waals surface area (Å²) in [7, 11) is 0. The number of hydrogen-bond acceptors (Lipinski definition) is 4. The van der Waals surface area contributed by atoms with Crippen LogP contribution in [0.15, 0.2) is 60.7 Å². The van der Waals surface area contributed by atoms with Crippen LogP contribution in [0.1, 0.15) is 31.9 Å². The summed E-state index contributed by atoms with van der Waals surface area (Å²) in [6, 6.07) is 19.8. The van der Waals surface area contributed by atoms with Gasteiger partial charge in [0.1, 0.15) is 18.0 Å². The van der Waals surface area contributed by atoms with Gasteiger partial charge in [-0.2, -0.15) is 0 Å². The first-order valence-corrected chi connectivity index (χ1v) is 10.2. The third kappa shape index (κ3) is 4.26. The zero-order valence-electron chi connectivity index (χ0n) is 17.6. The van der Waals surface area contributed by atoms with Gasteiger partial charge < -0.3 is 14.6 Å². The minimum Gasteiger partial charge on any atom is -0.488 e. The molecule has 0 bridgehead atoms. The molecule has 0 unspecified atom stereocenters. The number of aliphatic hydroxyl groups is 1. The summed E-state index contributed by atoms with van der Waals surface area (Å²) in [5.41, 5.74) is 2.11. The Morgan fingerprint density at radius 1 is 1.07 bits per heavy atom. The highest BCUT2D eigenvalue weighted by Gasteiger charge is 2.32. The smallest absolute Gasteiger partial charge is 0.414 e. The van der Waals surface area contributed by atoms with Gasteiger partial charge in [-0.15, -0.1) is 0 Å². The second-order valence-corrected chi connectivity index (χ2v) is 8.64. The third-order valence-electron chi connectivity index (χ3n) is 5.07. The van der Waals surface area contributed by atoms with Gasteiger partial charge >= 0.3 is 6.09 Å². The highest BCUT2D eigenvalue weighted by Crippen LogP contribution is 2.40. The van der Waals surface area contributed by atoms with Crippen LogP contribution < -0.4 is 9.64 Å². The number of benzene rings is 3. The summed E-state index contributed by atoms with van der Waals surface area (Å²) in [6.07, 6.45) is -0.634. The van der Waals surface area contributed by atoms with E-state index in [-0.39, 0.29) is 6.54 Å². The fourth-order valence-electron chi connectivity index (χ4n) is 3.80. The Hall–Kier alpha value is -3.05. The lowest BCUT2D eigenvalue weighted by molar-refractivity contribution is 0.0548. The molecule has 0 aromatic heterocycles. The lowest BCUT2D eigenvalue weighted by Crippen LogP contribution is -2.45. The number of hydrogen-bond donors (Lipinski definition) is 1. The predicted molar refractivity (Wildman–Crippen MR) is 118 cm³/mol. The predicted octanol–water partition coefficient (Wildman–Crippen LogP) is 5.08. The van der Waals surface area contributed by atoms with Gasteiger partial charge in [0.05, 0.1) is 18.3 Å². The molecule has 4 rings (SSSR count). The first kappa shape index (κ1) is 20.2. The van der Waals surface area contributed by atoms with Crippen LogP contribution in [-0.4, -0.2) is 29.4 Å². The molecular formula is C25H27NO4. The molecule has 3 aromatic rings. The molecule has 30 heavy (non-hydrogen) atoms. The van der Waals surface area contributed by atoms with E-state index in [1.54, 1.807) is 0 Å². The Bertz CT molecular complexity index is 1060. The molecule has 156 valence electrons. The second-order valence-electron chi connectivity index (χ2n) is 8.64. The molecule has 0 radical (unpaired) electrons. The summed E-state index contributed by atoms with van der Waals surface area (Å²) in [6.45, 7) is 6.12. The van der Waals surface area contributed by atoms with Crippen molar-refractivity contribution >= 4 is 22.6 Å². The van der Waals surface area contributed by atoms with E-state index in [1.807, 2.05) is 81.4 Å². The number of anilines is 1. The molecule has 1 amide bonds. The molecular weight excluding hydrogens is 378 g/mol. The SMILES string of the molecule is CC(C)(C)OC(=O)N1C[C@H](O)Cc2c1cc(OCc1ccccc1)c1ccccc21. The number of amides is 1. The largest absolute Gasteiger partial charge is 0.488 e. The van der Waals surface area contributed by atoms with Crippen molar-refractivity contribution in [3.63, 3.8) is 0 Å². The van der Waals surface area contributed by atoms with E-state index in [4.69, 9.17) is 9.47 Å². The minimum absolute atomic E-state index is 0.193. The molecule has 1 aliphatic heterocycles. The number of ether oxygens (including phenoxy) is 2. The van der Waals surface area contributed by atoms with E-state index in [0.29, 0.717) is 18.8 Å². The molecule has 1 aliphatic rings. The average Bonchev–Trinajstić information content (AvgIpc) is 2.71. The van der Waals surface area contributed by atoms with Gasteiger partial charge in [-0.3, -0.25) is 4.90 Å². The van der Waals surface area contributed by atoms with Gasteiger partial charge in [0, 0.05) is 17.9 Å². The molecule has 3 aromatic carbocycles. The second kappa shape index (κ2) is 8.00. The molecule has 0 saturated heterocycles. The van der Waals surface area contributed by atoms with E-state index in [1.165, 1.54) is 4.90 Å². The van der Waals surface area contributed by atoms with Crippen molar-refractivity contribution in [2.75, 3.05) is 11.4 Å². The Balaban J connectivity index is 1.77. The van der Waals surface area contributed by atoms with Gasteiger partial charge in [0.2, 0.25) is 0 Å². The van der Waals surface area contributed by atoms with Gasteiger partial charge in [-0.05, 0) is 37.3 Å². The minimum atomic E-state index is -0.649. The van der Waals surface area contributed by atoms with Crippen LogP contribution in [-0.2, 0) is 17.8 Å². The van der Waals surface area contributed by atoms with Crippen molar-refractivity contribution in [2.45, 2.75) is 45.5 Å². The summed E-state index contributed by atoms with van der Waals surface area (Å²) in [4.78, 5) is 14.4. The van der Waals surface area contributed by atoms with Gasteiger partial charge in [-0.1, -0.05) is 54.6 Å². The van der Waals surface area contributed by atoms with E-state index < -0.39 is 17.8 Å². The molecule has 5 nitrogen and oxygen atoms in total. The standard InChI is InChI=1S/C25H27NO4/c1-25(2,3)30-24(28)26-15-18(27)13-21-19-11-7-8-12-20(19)23(14-22(21)26)29-16-17-9-5-4-6-10-17/h4-12,14,18,27H,13,15-16H2,1-3H3/t18-/m1/s1. The van der Waals surface area contributed by atoms with Crippen molar-refractivity contribution in [1.82, 2.24) is 0 Å². The third-order valence-corrected chi connectivity index (χ3v) is 5.07. The highest BCUT2D eigenvalue weighted by molar-refractivity contribution is 6.00. The number of rotatable bonds is 3. The van der Waals surface area contributed by atoms with E-state index >= 15 is 0 Å². The van der Waals surface area contributed by atoms with Crippen LogP contribution in [0, 0.1) is 0 Å². The number of carbonyl (C=O) groups is 1. The lowest BCUT2D eigenvalue weighted by atomic mass is 9.93. The maximum absolute atomic E-state index is 12.9. The van der Waals surface area contributed by atoms with Crippen LogP contribution in [0.4, 0.5) is 10.5 Å². The molecule has 1 N–H and O–H groups in total. The Labute approximate surface area is 176 Å². The molecule has 1 heterocycles. The van der Waals surface area contributed by atoms with Crippen LogP contribution in [0.2, 0.25) is 0 Å². The summed E-state index contributed by atoms with van der Waals surface area (Å²) >= 11 is 0. The van der Waals surface area contributed by atoms with E-state index in [9.17, 15) is 9.90 Å². The summed E-state index contributed by atoms with van der Waals surface area (Å²) in [5, 5.41) is 12.4.